The first-order valence-corrected chi connectivity index (χ1v) is 16.5. The fourth-order valence-electron chi connectivity index (χ4n) is 6.87. The summed E-state index contributed by atoms with van der Waals surface area (Å²) in [6.07, 6.45) is 0. The van der Waals surface area contributed by atoms with Crippen LogP contribution in [0.2, 0.25) is 0 Å². The molecule has 5 heterocycles. The number of fused-ring (bicyclic) bond motifs is 5. The highest BCUT2D eigenvalue weighted by Crippen LogP contribution is 2.49. The third kappa shape index (κ3) is 4.48. The van der Waals surface area contributed by atoms with E-state index in [9.17, 15) is 0 Å². The Morgan fingerprint density at radius 1 is 0.360 bits per heavy atom. The first kappa shape index (κ1) is 28.1. The number of nitrogens with zero attached hydrogens (tertiary/aromatic N) is 7. The molecular formula is C43H27N7. The summed E-state index contributed by atoms with van der Waals surface area (Å²) in [5, 5.41) is 0. The number of anilines is 3. The van der Waals surface area contributed by atoms with Crippen molar-refractivity contribution in [1.29, 1.82) is 0 Å². The molecule has 0 atom stereocenters. The Labute approximate surface area is 287 Å². The van der Waals surface area contributed by atoms with E-state index in [-0.39, 0.29) is 0 Å². The predicted octanol–water partition coefficient (Wildman–Crippen LogP) is 10.2. The quantitative estimate of drug-likeness (QED) is 0.186. The van der Waals surface area contributed by atoms with Gasteiger partial charge < -0.3 is 4.57 Å². The zero-order chi connectivity index (χ0) is 33.0. The van der Waals surface area contributed by atoms with Crippen LogP contribution in [-0.4, -0.2) is 29.5 Å². The van der Waals surface area contributed by atoms with Crippen molar-refractivity contribution < 1.29 is 0 Å². The van der Waals surface area contributed by atoms with Crippen LogP contribution in [0.1, 0.15) is 0 Å². The molecule has 0 aliphatic carbocycles. The second kappa shape index (κ2) is 11.3. The summed E-state index contributed by atoms with van der Waals surface area (Å²) in [5.41, 5.74) is 12.0. The summed E-state index contributed by atoms with van der Waals surface area (Å²) in [6.45, 7) is 0. The number of pyridine rings is 2. The van der Waals surface area contributed by atoms with E-state index in [0.29, 0.717) is 17.6 Å². The monoisotopic (exact) mass is 641 g/mol. The van der Waals surface area contributed by atoms with E-state index in [1.165, 1.54) is 0 Å². The molecular weight excluding hydrogens is 615 g/mol. The molecule has 0 radical (unpaired) electrons. The van der Waals surface area contributed by atoms with Gasteiger partial charge in [-0.2, -0.15) is 9.97 Å². The standard InChI is InChI=1S/C43H27N7/c1-5-15-28(16-6-1)32-25-26-36-38(44-32)39-40-37(27-33(45-39)29-17-7-2-8-18-29)50(35-24-14-13-23-34(35)49(36)40)43-47-41(30-19-9-3-10-20-30)46-42(48-43)31-21-11-4-12-22-31/h1-27H. The summed E-state index contributed by atoms with van der Waals surface area (Å²) in [7, 11) is 0. The van der Waals surface area contributed by atoms with Gasteiger partial charge >= 0.3 is 0 Å². The van der Waals surface area contributed by atoms with Crippen molar-refractivity contribution >= 4 is 39.4 Å². The molecule has 0 bridgehead atoms. The highest BCUT2D eigenvalue weighted by molar-refractivity contribution is 6.14. The molecule has 0 saturated carbocycles. The van der Waals surface area contributed by atoms with Crippen LogP contribution in [0.4, 0.5) is 17.3 Å². The van der Waals surface area contributed by atoms with Crippen LogP contribution < -0.4 is 4.90 Å². The van der Waals surface area contributed by atoms with Gasteiger partial charge in [-0.1, -0.05) is 133 Å². The molecule has 0 spiro atoms. The molecule has 7 heteroatoms. The lowest BCUT2D eigenvalue weighted by molar-refractivity contribution is 1.00. The van der Waals surface area contributed by atoms with Crippen LogP contribution in [0, 0.1) is 0 Å². The second-order valence-electron chi connectivity index (χ2n) is 12.2. The molecule has 5 aromatic carbocycles. The normalized spacial score (nSPS) is 12.0. The average molecular weight is 642 g/mol. The van der Waals surface area contributed by atoms with Crippen LogP contribution >= 0.6 is 0 Å². The molecule has 0 amide bonds. The molecule has 1 aliphatic heterocycles. The van der Waals surface area contributed by atoms with Crippen LogP contribution in [0.5, 0.6) is 0 Å². The lowest BCUT2D eigenvalue weighted by atomic mass is 10.1. The number of hydrogen-bond acceptors (Lipinski definition) is 6. The highest BCUT2D eigenvalue weighted by atomic mass is 15.3. The van der Waals surface area contributed by atoms with E-state index >= 15 is 0 Å². The predicted molar refractivity (Wildman–Crippen MR) is 200 cm³/mol. The van der Waals surface area contributed by atoms with Gasteiger partial charge in [-0.3, -0.25) is 4.90 Å². The fraction of sp³-hybridized carbons (Fsp3) is 0. The van der Waals surface area contributed by atoms with Crippen molar-refractivity contribution in [3.8, 4) is 51.0 Å². The van der Waals surface area contributed by atoms with Crippen molar-refractivity contribution in [3.05, 3.63) is 164 Å². The summed E-state index contributed by atoms with van der Waals surface area (Å²) in [4.78, 5) is 28.1. The summed E-state index contributed by atoms with van der Waals surface area (Å²) < 4.78 is 2.28. The Bertz CT molecular complexity index is 2630. The molecule has 0 fully saturated rings. The first-order valence-electron chi connectivity index (χ1n) is 16.5. The topological polar surface area (TPSA) is 72.6 Å². The molecule has 234 valence electrons. The second-order valence-corrected chi connectivity index (χ2v) is 12.2. The third-order valence-corrected chi connectivity index (χ3v) is 9.17. The third-order valence-electron chi connectivity index (χ3n) is 9.17. The van der Waals surface area contributed by atoms with Crippen LogP contribution in [-0.2, 0) is 0 Å². The minimum Gasteiger partial charge on any atom is -0.302 e. The van der Waals surface area contributed by atoms with E-state index in [1.807, 2.05) is 97.1 Å². The molecule has 9 aromatic rings. The van der Waals surface area contributed by atoms with E-state index in [2.05, 4.69) is 76.2 Å². The van der Waals surface area contributed by atoms with Gasteiger partial charge in [0, 0.05) is 22.3 Å². The SMILES string of the molecule is c1ccc(-c2ccc3c(n2)c2nc(-c4ccccc4)cc4c2n3-c2ccccc2N4c2nc(-c3ccccc3)nc(-c3ccccc3)n2)cc1. The number of benzene rings is 5. The summed E-state index contributed by atoms with van der Waals surface area (Å²) in [6, 6.07) is 55.5. The van der Waals surface area contributed by atoms with Gasteiger partial charge in [-0.25, -0.2) is 15.0 Å². The number of rotatable bonds is 5. The minimum atomic E-state index is 0.520. The Hall–Kier alpha value is -6.99. The smallest absolute Gasteiger partial charge is 0.238 e. The highest BCUT2D eigenvalue weighted by Gasteiger charge is 2.32. The minimum absolute atomic E-state index is 0.520. The van der Waals surface area contributed by atoms with Crippen LogP contribution in [0.15, 0.2) is 164 Å². The van der Waals surface area contributed by atoms with Crippen molar-refractivity contribution in [2.75, 3.05) is 4.90 Å². The maximum atomic E-state index is 5.34. The zero-order valence-corrected chi connectivity index (χ0v) is 26.7. The number of aromatic nitrogens is 6. The number of hydrogen-bond donors (Lipinski definition) is 0. The van der Waals surface area contributed by atoms with Gasteiger partial charge in [-0.05, 0) is 30.3 Å². The van der Waals surface area contributed by atoms with Gasteiger partial charge in [0.2, 0.25) is 5.95 Å². The average Bonchev–Trinajstić information content (AvgIpc) is 3.53. The van der Waals surface area contributed by atoms with Crippen molar-refractivity contribution in [1.82, 2.24) is 29.5 Å². The summed E-state index contributed by atoms with van der Waals surface area (Å²) >= 11 is 0. The van der Waals surface area contributed by atoms with E-state index < -0.39 is 0 Å². The molecule has 1 aliphatic rings. The van der Waals surface area contributed by atoms with Crippen LogP contribution in [0.3, 0.4) is 0 Å². The lowest BCUT2D eigenvalue weighted by Crippen LogP contribution is -2.21. The van der Waals surface area contributed by atoms with Gasteiger partial charge in [0.05, 0.1) is 39.5 Å². The van der Waals surface area contributed by atoms with Gasteiger partial charge in [0.15, 0.2) is 11.6 Å². The fourth-order valence-corrected chi connectivity index (χ4v) is 6.87. The Morgan fingerprint density at radius 3 is 1.46 bits per heavy atom. The van der Waals surface area contributed by atoms with Gasteiger partial charge in [0.1, 0.15) is 11.0 Å². The maximum absolute atomic E-state index is 5.34. The Kier molecular flexibility index (Phi) is 6.35. The lowest BCUT2D eigenvalue weighted by Gasteiger charge is -2.31. The van der Waals surface area contributed by atoms with Gasteiger partial charge in [0.25, 0.3) is 0 Å². The Balaban J connectivity index is 1.31. The van der Waals surface area contributed by atoms with Crippen molar-refractivity contribution in [2.24, 2.45) is 0 Å². The van der Waals surface area contributed by atoms with E-state index in [0.717, 1.165) is 72.8 Å². The molecule has 0 saturated heterocycles. The zero-order valence-electron chi connectivity index (χ0n) is 26.7. The summed E-state index contributed by atoms with van der Waals surface area (Å²) in [5.74, 6) is 1.72. The van der Waals surface area contributed by atoms with Crippen LogP contribution in [0.25, 0.3) is 73.0 Å². The van der Waals surface area contributed by atoms with Crippen molar-refractivity contribution in [3.63, 3.8) is 0 Å². The van der Waals surface area contributed by atoms with E-state index in [1.54, 1.807) is 0 Å². The molecule has 10 rings (SSSR count). The largest absolute Gasteiger partial charge is 0.302 e. The molecule has 7 nitrogen and oxygen atoms in total. The van der Waals surface area contributed by atoms with Gasteiger partial charge in [-0.15, -0.1) is 0 Å². The molecule has 4 aromatic heterocycles. The van der Waals surface area contributed by atoms with E-state index in [4.69, 9.17) is 24.9 Å². The number of para-hydroxylation sites is 2. The maximum Gasteiger partial charge on any atom is 0.238 e. The molecule has 0 N–H and O–H groups in total. The Morgan fingerprint density at radius 2 is 0.860 bits per heavy atom. The first-order chi connectivity index (χ1) is 24.8. The molecule has 50 heavy (non-hydrogen) atoms. The van der Waals surface area contributed by atoms with Crippen molar-refractivity contribution in [2.45, 2.75) is 0 Å². The molecule has 0 unspecified atom stereocenters.